The lowest BCUT2D eigenvalue weighted by molar-refractivity contribution is -0.136. The topological polar surface area (TPSA) is 30.0 Å². The third-order valence-corrected chi connectivity index (χ3v) is 2.17. The van der Waals surface area contributed by atoms with E-state index in [1.807, 2.05) is 0 Å². The maximum atomic E-state index is 12.7. The molecule has 1 heterocycles. The number of pyridine rings is 1. The second-order valence-electron chi connectivity index (χ2n) is 3.26. The lowest BCUT2D eigenvalue weighted by Crippen LogP contribution is -2.07. The zero-order valence-corrected chi connectivity index (χ0v) is 7.95. The average molecular weight is 225 g/mol. The number of rotatable bonds is 1. The molecule has 0 unspecified atom stereocenters. The molecule has 0 aliphatic heterocycles. The van der Waals surface area contributed by atoms with Gasteiger partial charge in [0.15, 0.2) is 0 Å². The Hall–Kier alpha value is -1.91. The Balaban J connectivity index is 2.84. The predicted octanol–water partition coefficient (Wildman–Crippen LogP) is 3.07. The van der Waals surface area contributed by atoms with E-state index in [9.17, 15) is 18.0 Å². The molecule has 0 amide bonds. The molecule has 0 spiro atoms. The number of fused-ring (bicyclic) bond motifs is 1. The fraction of sp³-hybridized carbons (Fsp3) is 0.0909. The summed E-state index contributed by atoms with van der Waals surface area (Å²) < 4.78 is 38.0. The Kier molecular flexibility index (Phi) is 2.38. The van der Waals surface area contributed by atoms with E-state index in [1.54, 1.807) is 0 Å². The molecule has 2 aromatic rings. The Morgan fingerprint density at radius 2 is 2.00 bits per heavy atom. The molecular weight excluding hydrogens is 219 g/mol. The number of carbonyl (C=O) groups excluding carboxylic acids is 1. The van der Waals surface area contributed by atoms with E-state index in [-0.39, 0.29) is 11.1 Å². The number of hydrogen-bond acceptors (Lipinski definition) is 2. The van der Waals surface area contributed by atoms with E-state index in [0.717, 1.165) is 6.07 Å². The zero-order chi connectivity index (χ0) is 11.8. The van der Waals surface area contributed by atoms with Gasteiger partial charge in [0.1, 0.15) is 6.29 Å². The van der Waals surface area contributed by atoms with Crippen LogP contribution >= 0.6 is 0 Å². The first-order valence-electron chi connectivity index (χ1n) is 4.43. The Labute approximate surface area is 88.7 Å². The molecule has 0 saturated carbocycles. The van der Waals surface area contributed by atoms with Crippen molar-refractivity contribution in [2.24, 2.45) is 0 Å². The molecule has 0 atom stereocenters. The molecule has 0 fully saturated rings. The van der Waals surface area contributed by atoms with Gasteiger partial charge in [-0.15, -0.1) is 0 Å². The summed E-state index contributed by atoms with van der Waals surface area (Å²) in [7, 11) is 0. The van der Waals surface area contributed by atoms with Crippen LogP contribution in [0.15, 0.2) is 30.5 Å². The zero-order valence-electron chi connectivity index (χ0n) is 7.95. The van der Waals surface area contributed by atoms with Crippen LogP contribution in [0.25, 0.3) is 10.9 Å². The minimum absolute atomic E-state index is 0.00664. The molecule has 0 saturated heterocycles. The predicted molar refractivity (Wildman–Crippen MR) is 52.1 cm³/mol. The molecule has 0 aliphatic carbocycles. The SMILES string of the molecule is O=Cc1cc(C(F)(F)F)c2ncccc2c1. The van der Waals surface area contributed by atoms with E-state index in [1.165, 1.54) is 24.4 Å². The van der Waals surface area contributed by atoms with Crippen molar-refractivity contribution in [2.45, 2.75) is 6.18 Å². The maximum Gasteiger partial charge on any atom is 0.418 e. The summed E-state index contributed by atoms with van der Waals surface area (Å²) >= 11 is 0. The summed E-state index contributed by atoms with van der Waals surface area (Å²) in [6, 6.07) is 5.20. The molecule has 0 aliphatic rings. The minimum Gasteiger partial charge on any atom is -0.298 e. The summed E-state index contributed by atoms with van der Waals surface area (Å²) in [6.45, 7) is 0. The lowest BCUT2D eigenvalue weighted by Gasteiger charge is -2.10. The molecule has 2 nitrogen and oxygen atoms in total. The largest absolute Gasteiger partial charge is 0.418 e. The van der Waals surface area contributed by atoms with Gasteiger partial charge in [0.05, 0.1) is 11.1 Å². The van der Waals surface area contributed by atoms with Crippen LogP contribution in [0, 0.1) is 0 Å². The van der Waals surface area contributed by atoms with Gasteiger partial charge in [-0.25, -0.2) is 0 Å². The first-order chi connectivity index (χ1) is 7.52. The van der Waals surface area contributed by atoms with Crippen LogP contribution in [-0.4, -0.2) is 11.3 Å². The van der Waals surface area contributed by atoms with Gasteiger partial charge in [0, 0.05) is 17.1 Å². The number of benzene rings is 1. The summed E-state index contributed by atoms with van der Waals surface area (Å²) in [6.07, 6.45) is -2.83. The maximum absolute atomic E-state index is 12.7. The summed E-state index contributed by atoms with van der Waals surface area (Å²) in [5.41, 5.74) is -1.03. The molecule has 16 heavy (non-hydrogen) atoms. The Morgan fingerprint density at radius 3 is 2.62 bits per heavy atom. The Bertz CT molecular complexity index is 548. The third kappa shape index (κ3) is 1.76. The first-order valence-corrected chi connectivity index (χ1v) is 4.43. The fourth-order valence-corrected chi connectivity index (χ4v) is 1.50. The monoisotopic (exact) mass is 225 g/mol. The summed E-state index contributed by atoms with van der Waals surface area (Å²) in [4.78, 5) is 14.2. The van der Waals surface area contributed by atoms with Gasteiger partial charge in [0.25, 0.3) is 0 Å². The number of aldehydes is 1. The van der Waals surface area contributed by atoms with E-state index < -0.39 is 11.7 Å². The number of carbonyl (C=O) groups is 1. The van der Waals surface area contributed by atoms with E-state index in [2.05, 4.69) is 4.98 Å². The van der Waals surface area contributed by atoms with Crippen molar-refractivity contribution >= 4 is 17.2 Å². The van der Waals surface area contributed by atoms with Crippen molar-refractivity contribution in [3.05, 3.63) is 41.6 Å². The third-order valence-electron chi connectivity index (χ3n) is 2.17. The number of nitrogens with zero attached hydrogens (tertiary/aromatic N) is 1. The molecule has 2 rings (SSSR count). The van der Waals surface area contributed by atoms with Crippen molar-refractivity contribution in [3.8, 4) is 0 Å². The second-order valence-corrected chi connectivity index (χ2v) is 3.26. The van der Waals surface area contributed by atoms with Gasteiger partial charge in [-0.1, -0.05) is 6.07 Å². The molecule has 82 valence electrons. The van der Waals surface area contributed by atoms with Gasteiger partial charge < -0.3 is 0 Å². The molecule has 0 bridgehead atoms. The van der Waals surface area contributed by atoms with Gasteiger partial charge in [0.2, 0.25) is 0 Å². The highest BCUT2D eigenvalue weighted by Crippen LogP contribution is 2.34. The number of halogens is 3. The number of hydrogen-bond donors (Lipinski definition) is 0. The fourth-order valence-electron chi connectivity index (χ4n) is 1.50. The van der Waals surface area contributed by atoms with Gasteiger partial charge >= 0.3 is 6.18 Å². The molecule has 1 aromatic heterocycles. The number of alkyl halides is 3. The van der Waals surface area contributed by atoms with Crippen LogP contribution < -0.4 is 0 Å². The van der Waals surface area contributed by atoms with Crippen LogP contribution in [-0.2, 0) is 6.18 Å². The average Bonchev–Trinajstić information content (AvgIpc) is 2.26. The van der Waals surface area contributed by atoms with E-state index in [0.29, 0.717) is 11.7 Å². The normalized spacial score (nSPS) is 11.7. The standard InChI is InChI=1S/C11H6F3NO/c12-11(13,14)9-5-7(6-16)4-8-2-1-3-15-10(8)9/h1-6H. The summed E-state index contributed by atoms with van der Waals surface area (Å²) in [5.74, 6) is 0. The van der Waals surface area contributed by atoms with E-state index >= 15 is 0 Å². The van der Waals surface area contributed by atoms with Gasteiger partial charge in [-0.2, -0.15) is 13.2 Å². The second kappa shape index (κ2) is 3.59. The van der Waals surface area contributed by atoms with Crippen molar-refractivity contribution in [2.75, 3.05) is 0 Å². The van der Waals surface area contributed by atoms with Crippen LogP contribution in [0.4, 0.5) is 13.2 Å². The first kappa shape index (κ1) is 10.6. The highest BCUT2D eigenvalue weighted by Gasteiger charge is 2.33. The van der Waals surface area contributed by atoms with Crippen molar-refractivity contribution < 1.29 is 18.0 Å². The van der Waals surface area contributed by atoms with Crippen LogP contribution in [0.1, 0.15) is 15.9 Å². The van der Waals surface area contributed by atoms with Crippen LogP contribution in [0.3, 0.4) is 0 Å². The molecule has 1 aromatic carbocycles. The van der Waals surface area contributed by atoms with Crippen molar-refractivity contribution in [1.29, 1.82) is 0 Å². The van der Waals surface area contributed by atoms with Crippen molar-refractivity contribution in [3.63, 3.8) is 0 Å². The molecular formula is C11H6F3NO. The highest BCUT2D eigenvalue weighted by atomic mass is 19.4. The van der Waals surface area contributed by atoms with E-state index in [4.69, 9.17) is 0 Å². The Morgan fingerprint density at radius 1 is 1.25 bits per heavy atom. The summed E-state index contributed by atoms with van der Waals surface area (Å²) in [5, 5.41) is 0.305. The molecule has 0 radical (unpaired) electrons. The van der Waals surface area contributed by atoms with Crippen LogP contribution in [0.2, 0.25) is 0 Å². The quantitative estimate of drug-likeness (QED) is 0.698. The minimum atomic E-state index is -4.51. The molecule has 5 heteroatoms. The molecule has 0 N–H and O–H groups in total. The van der Waals surface area contributed by atoms with Gasteiger partial charge in [-0.3, -0.25) is 9.78 Å². The highest BCUT2D eigenvalue weighted by molar-refractivity contribution is 5.89. The van der Waals surface area contributed by atoms with Crippen molar-refractivity contribution in [1.82, 2.24) is 4.98 Å². The van der Waals surface area contributed by atoms with Crippen LogP contribution in [0.5, 0.6) is 0 Å². The smallest absolute Gasteiger partial charge is 0.298 e. The number of aromatic nitrogens is 1. The lowest BCUT2D eigenvalue weighted by atomic mass is 10.1. The van der Waals surface area contributed by atoms with Gasteiger partial charge in [-0.05, 0) is 18.2 Å².